The summed E-state index contributed by atoms with van der Waals surface area (Å²) in [6.45, 7) is 3.89. The zero-order valence-corrected chi connectivity index (χ0v) is 20.8. The number of piperazine rings is 1. The van der Waals surface area contributed by atoms with Gasteiger partial charge in [-0.05, 0) is 42.0 Å². The summed E-state index contributed by atoms with van der Waals surface area (Å²) in [6, 6.07) is 19.3. The van der Waals surface area contributed by atoms with Gasteiger partial charge >= 0.3 is 0 Å². The zero-order valence-electron chi connectivity index (χ0n) is 20.8. The van der Waals surface area contributed by atoms with Crippen LogP contribution in [0.2, 0.25) is 0 Å². The van der Waals surface area contributed by atoms with Crippen LogP contribution < -0.4 is 29.7 Å². The summed E-state index contributed by atoms with van der Waals surface area (Å²) >= 11 is 0. The second-order valence-corrected chi connectivity index (χ2v) is 8.56. The molecule has 0 amide bonds. The highest BCUT2D eigenvalue weighted by molar-refractivity contribution is 5.89. The van der Waals surface area contributed by atoms with Gasteiger partial charge in [-0.1, -0.05) is 12.1 Å². The van der Waals surface area contributed by atoms with Crippen LogP contribution in [-0.2, 0) is 6.61 Å². The van der Waals surface area contributed by atoms with Crippen LogP contribution in [0.25, 0.3) is 11.0 Å². The fraction of sp³-hybridized carbons (Fsp3) is 0.250. The van der Waals surface area contributed by atoms with E-state index < -0.39 is 0 Å². The first-order chi connectivity index (χ1) is 18.2. The van der Waals surface area contributed by atoms with Gasteiger partial charge in [0.15, 0.2) is 11.5 Å². The Morgan fingerprint density at radius 3 is 2.54 bits per heavy atom. The first-order valence-electron chi connectivity index (χ1n) is 12.0. The Balaban J connectivity index is 1.37. The lowest BCUT2D eigenvalue weighted by Crippen LogP contribution is -2.43. The highest BCUT2D eigenvalue weighted by Gasteiger charge is 2.16. The van der Waals surface area contributed by atoms with E-state index in [1.807, 2.05) is 54.6 Å². The Kier molecular flexibility index (Phi) is 7.19. The molecule has 1 aliphatic rings. The Morgan fingerprint density at radius 2 is 1.81 bits per heavy atom. The number of methoxy groups -OCH3 is 2. The Hall–Kier alpha value is -4.55. The number of nitrogens with one attached hydrogen (secondary N) is 2. The number of ether oxygens (including phenoxy) is 3. The number of anilines is 3. The molecule has 4 aromatic rings. The number of fused-ring (bicyclic) bond motifs is 1. The molecule has 0 aliphatic carbocycles. The highest BCUT2D eigenvalue weighted by Crippen LogP contribution is 2.34. The fourth-order valence-electron chi connectivity index (χ4n) is 4.23. The van der Waals surface area contributed by atoms with Crippen molar-refractivity contribution in [3.05, 3.63) is 71.9 Å². The van der Waals surface area contributed by atoms with E-state index in [1.54, 1.807) is 20.4 Å². The molecule has 0 atom stereocenters. The third kappa shape index (κ3) is 5.34. The summed E-state index contributed by atoms with van der Waals surface area (Å²) in [5.41, 5.74) is 4.13. The van der Waals surface area contributed by atoms with Crippen LogP contribution in [0.5, 0.6) is 17.2 Å². The molecule has 37 heavy (non-hydrogen) atoms. The van der Waals surface area contributed by atoms with E-state index in [0.717, 1.165) is 49.0 Å². The molecule has 1 saturated heterocycles. The van der Waals surface area contributed by atoms with Crippen molar-refractivity contribution < 1.29 is 14.2 Å². The van der Waals surface area contributed by atoms with E-state index in [-0.39, 0.29) is 0 Å². The number of hydrogen-bond donors (Lipinski definition) is 2. The van der Waals surface area contributed by atoms with Crippen LogP contribution in [0.4, 0.5) is 17.2 Å². The Bertz CT molecular complexity index is 1430. The lowest BCUT2D eigenvalue weighted by molar-refractivity contribution is 0.284. The van der Waals surface area contributed by atoms with Crippen LogP contribution in [0, 0.1) is 11.3 Å². The molecular weight excluding hydrogens is 468 g/mol. The van der Waals surface area contributed by atoms with Crippen LogP contribution in [-0.4, -0.2) is 50.4 Å². The third-order valence-corrected chi connectivity index (χ3v) is 6.25. The number of benzene rings is 3. The smallest absolute Gasteiger partial charge is 0.162 e. The molecule has 0 spiro atoms. The van der Waals surface area contributed by atoms with Crippen molar-refractivity contribution in [2.24, 2.45) is 0 Å². The summed E-state index contributed by atoms with van der Waals surface area (Å²) in [5, 5.41) is 16.7. The van der Waals surface area contributed by atoms with Crippen LogP contribution >= 0.6 is 0 Å². The SMILES string of the molecule is COc1ccc(COc2ccc(Nc3ccc4ncc(N5CCNCC5)nc4c3C#N)cc2OC)cc1. The first kappa shape index (κ1) is 24.2. The van der Waals surface area contributed by atoms with Crippen LogP contribution in [0.3, 0.4) is 0 Å². The molecule has 9 heteroatoms. The average molecular weight is 497 g/mol. The molecule has 1 fully saturated rings. The fourth-order valence-corrected chi connectivity index (χ4v) is 4.23. The maximum absolute atomic E-state index is 10.0. The van der Waals surface area contributed by atoms with Gasteiger partial charge in [-0.25, -0.2) is 4.98 Å². The summed E-state index contributed by atoms with van der Waals surface area (Å²) in [4.78, 5) is 11.5. The minimum atomic E-state index is 0.393. The van der Waals surface area contributed by atoms with Crippen LogP contribution in [0.1, 0.15) is 11.1 Å². The Labute approximate surface area is 215 Å². The quantitative estimate of drug-likeness (QED) is 0.370. The third-order valence-electron chi connectivity index (χ3n) is 6.25. The van der Waals surface area contributed by atoms with Gasteiger partial charge in [0, 0.05) is 37.9 Å². The maximum atomic E-state index is 10.0. The first-order valence-corrected chi connectivity index (χ1v) is 12.0. The minimum Gasteiger partial charge on any atom is -0.497 e. The molecule has 0 unspecified atom stereocenters. The molecule has 188 valence electrons. The molecule has 1 aliphatic heterocycles. The molecule has 0 bridgehead atoms. The summed E-state index contributed by atoms with van der Waals surface area (Å²) in [6.07, 6.45) is 1.78. The van der Waals surface area contributed by atoms with Gasteiger partial charge in [-0.2, -0.15) is 5.26 Å². The van der Waals surface area contributed by atoms with Crippen molar-refractivity contribution in [2.45, 2.75) is 6.61 Å². The minimum absolute atomic E-state index is 0.393. The van der Waals surface area contributed by atoms with E-state index in [9.17, 15) is 5.26 Å². The van der Waals surface area contributed by atoms with E-state index in [1.165, 1.54) is 0 Å². The largest absolute Gasteiger partial charge is 0.497 e. The Morgan fingerprint density at radius 1 is 1.00 bits per heavy atom. The number of nitrogens with zero attached hydrogens (tertiary/aromatic N) is 4. The van der Waals surface area contributed by atoms with Gasteiger partial charge in [-0.15, -0.1) is 0 Å². The predicted octanol–water partition coefficient (Wildman–Crippen LogP) is 4.25. The van der Waals surface area contributed by atoms with Gasteiger partial charge in [-0.3, -0.25) is 4.98 Å². The standard InChI is InChI=1S/C28H28N6O3/c1-35-21-6-3-19(4-7-21)18-37-25-10-5-20(15-26(25)36-2)32-23-8-9-24-28(22(23)16-29)33-27(17-31-24)34-13-11-30-12-14-34/h3-10,15,17,30,32H,11-14,18H2,1-2H3. The molecule has 9 nitrogen and oxygen atoms in total. The summed E-state index contributed by atoms with van der Waals surface area (Å²) in [7, 11) is 3.24. The van der Waals surface area contributed by atoms with Gasteiger partial charge in [0.2, 0.25) is 0 Å². The van der Waals surface area contributed by atoms with Crippen molar-refractivity contribution >= 4 is 28.2 Å². The van der Waals surface area contributed by atoms with Gasteiger partial charge in [0.25, 0.3) is 0 Å². The molecule has 0 saturated carbocycles. The van der Waals surface area contributed by atoms with E-state index in [2.05, 4.69) is 26.6 Å². The number of aromatic nitrogens is 2. The van der Waals surface area contributed by atoms with Crippen molar-refractivity contribution in [3.8, 4) is 23.3 Å². The van der Waals surface area contributed by atoms with Crippen molar-refractivity contribution in [1.29, 1.82) is 5.26 Å². The van der Waals surface area contributed by atoms with Crippen molar-refractivity contribution in [2.75, 3.05) is 50.6 Å². The summed E-state index contributed by atoms with van der Waals surface area (Å²) < 4.78 is 16.8. The monoisotopic (exact) mass is 496 g/mol. The topological polar surface area (TPSA) is 105 Å². The predicted molar refractivity (Wildman–Crippen MR) is 143 cm³/mol. The lowest BCUT2D eigenvalue weighted by Gasteiger charge is -2.28. The van der Waals surface area contributed by atoms with Crippen molar-refractivity contribution in [1.82, 2.24) is 15.3 Å². The maximum Gasteiger partial charge on any atom is 0.162 e. The van der Waals surface area contributed by atoms with Gasteiger partial charge in [0.05, 0.1) is 31.6 Å². The molecular formula is C28H28N6O3. The summed E-state index contributed by atoms with van der Waals surface area (Å²) in [5.74, 6) is 2.78. The number of nitriles is 1. The van der Waals surface area contributed by atoms with Gasteiger partial charge < -0.3 is 29.7 Å². The molecule has 0 radical (unpaired) electrons. The van der Waals surface area contributed by atoms with Crippen molar-refractivity contribution in [3.63, 3.8) is 0 Å². The molecule has 1 aromatic heterocycles. The highest BCUT2D eigenvalue weighted by atomic mass is 16.5. The molecule has 2 N–H and O–H groups in total. The molecule has 2 heterocycles. The zero-order chi connectivity index (χ0) is 25.6. The van der Waals surface area contributed by atoms with Gasteiger partial charge in [0.1, 0.15) is 35.3 Å². The van der Waals surface area contributed by atoms with E-state index in [4.69, 9.17) is 19.2 Å². The lowest BCUT2D eigenvalue weighted by atomic mass is 10.1. The molecule has 5 rings (SSSR count). The second-order valence-electron chi connectivity index (χ2n) is 8.56. The average Bonchev–Trinajstić information content (AvgIpc) is 2.96. The number of rotatable bonds is 8. The van der Waals surface area contributed by atoms with E-state index >= 15 is 0 Å². The molecule has 3 aromatic carbocycles. The van der Waals surface area contributed by atoms with Crippen LogP contribution in [0.15, 0.2) is 60.8 Å². The van der Waals surface area contributed by atoms with E-state index in [0.29, 0.717) is 40.4 Å². The number of hydrogen-bond acceptors (Lipinski definition) is 9. The normalized spacial score (nSPS) is 13.2. The second kappa shape index (κ2) is 11.0.